The Morgan fingerprint density at radius 2 is 2.00 bits per heavy atom. The number of aliphatic imine (C=N–C) groups is 1. The topological polar surface area (TPSA) is 123 Å². The molecular formula is C16H21N7O. The number of carbonyl (C=O) groups is 1. The lowest BCUT2D eigenvalue weighted by atomic mass is 10.1. The predicted octanol–water partition coefficient (Wildman–Crippen LogP) is 1.51. The number of aldehydes is 1. The molecule has 0 aliphatic heterocycles. The second kappa shape index (κ2) is 7.03. The van der Waals surface area contributed by atoms with Gasteiger partial charge in [0.25, 0.3) is 0 Å². The van der Waals surface area contributed by atoms with Crippen LogP contribution in [0.15, 0.2) is 23.3 Å². The first-order valence-electron chi connectivity index (χ1n) is 7.46. The summed E-state index contributed by atoms with van der Waals surface area (Å²) in [5.41, 5.74) is 13.3. The summed E-state index contributed by atoms with van der Waals surface area (Å²) in [6.07, 6.45) is 2.18. The van der Waals surface area contributed by atoms with Crippen molar-refractivity contribution in [1.82, 2.24) is 15.0 Å². The smallest absolute Gasteiger partial charge is 0.222 e. The number of nitrogens with two attached hydrogens (primary N) is 2. The molecule has 8 nitrogen and oxygen atoms in total. The van der Waals surface area contributed by atoms with Crippen molar-refractivity contribution in [2.75, 3.05) is 23.4 Å². The van der Waals surface area contributed by atoms with Crippen LogP contribution in [-0.4, -0.2) is 40.0 Å². The SMILES string of the molecule is Cc1nc(N)ccc1C(C=O)=Nc1cnc(N)nc1N(C)C(C)C. The first kappa shape index (κ1) is 17.3. The molecule has 0 amide bonds. The van der Waals surface area contributed by atoms with Crippen molar-refractivity contribution in [2.24, 2.45) is 4.99 Å². The van der Waals surface area contributed by atoms with Crippen LogP contribution in [0.3, 0.4) is 0 Å². The fourth-order valence-electron chi connectivity index (χ4n) is 2.09. The zero-order chi connectivity index (χ0) is 17.9. The number of rotatable bonds is 5. The summed E-state index contributed by atoms with van der Waals surface area (Å²) in [4.78, 5) is 30.3. The number of hydrogen-bond donors (Lipinski definition) is 2. The standard InChI is InChI=1S/C16H21N7O/c1-9(2)23(4)15-12(7-19-16(18)22-15)21-13(8-24)11-5-6-14(17)20-10(11)3/h5-9H,1-4H3,(H2,17,20)(H2,18,19,22). The summed E-state index contributed by atoms with van der Waals surface area (Å²) in [6.45, 7) is 5.80. The Kier molecular flexibility index (Phi) is 5.08. The minimum atomic E-state index is 0.148. The molecule has 0 aromatic carbocycles. The molecule has 0 saturated heterocycles. The average Bonchev–Trinajstić information content (AvgIpc) is 2.53. The molecule has 0 unspecified atom stereocenters. The van der Waals surface area contributed by atoms with Gasteiger partial charge in [0.1, 0.15) is 17.2 Å². The average molecular weight is 327 g/mol. The Morgan fingerprint density at radius 3 is 2.58 bits per heavy atom. The second-order valence-electron chi connectivity index (χ2n) is 5.63. The number of nitrogen functional groups attached to an aromatic ring is 2. The van der Waals surface area contributed by atoms with Crippen LogP contribution in [0.25, 0.3) is 0 Å². The lowest BCUT2D eigenvalue weighted by Crippen LogP contribution is -2.27. The van der Waals surface area contributed by atoms with E-state index in [-0.39, 0.29) is 17.7 Å². The van der Waals surface area contributed by atoms with Crippen molar-refractivity contribution in [3.05, 3.63) is 29.6 Å². The van der Waals surface area contributed by atoms with Crippen LogP contribution in [0.4, 0.5) is 23.3 Å². The number of carbonyl (C=O) groups excluding carboxylic acids is 1. The molecule has 8 heteroatoms. The summed E-state index contributed by atoms with van der Waals surface area (Å²) in [7, 11) is 1.88. The normalized spacial score (nSPS) is 11.6. The molecule has 24 heavy (non-hydrogen) atoms. The summed E-state index contributed by atoms with van der Waals surface area (Å²) in [6, 6.07) is 3.52. The van der Waals surface area contributed by atoms with E-state index >= 15 is 0 Å². The van der Waals surface area contributed by atoms with E-state index in [9.17, 15) is 4.79 Å². The predicted molar refractivity (Wildman–Crippen MR) is 95.6 cm³/mol. The molecule has 0 atom stereocenters. The van der Waals surface area contributed by atoms with Crippen LogP contribution in [0.5, 0.6) is 0 Å². The molecule has 2 aromatic rings. The van der Waals surface area contributed by atoms with Gasteiger partial charge in [-0.3, -0.25) is 4.79 Å². The lowest BCUT2D eigenvalue weighted by molar-refractivity contribution is -0.102. The van der Waals surface area contributed by atoms with Crippen molar-refractivity contribution >= 4 is 35.3 Å². The zero-order valence-corrected chi connectivity index (χ0v) is 14.2. The lowest BCUT2D eigenvalue weighted by Gasteiger charge is -2.23. The fourth-order valence-corrected chi connectivity index (χ4v) is 2.09. The molecule has 0 aliphatic rings. The molecule has 0 saturated carbocycles. The van der Waals surface area contributed by atoms with Gasteiger partial charge in [0.05, 0.1) is 6.20 Å². The van der Waals surface area contributed by atoms with Crippen LogP contribution in [-0.2, 0) is 4.79 Å². The number of nitrogens with zero attached hydrogens (tertiary/aromatic N) is 5. The van der Waals surface area contributed by atoms with E-state index in [1.165, 1.54) is 6.20 Å². The second-order valence-corrected chi connectivity index (χ2v) is 5.63. The maximum Gasteiger partial charge on any atom is 0.222 e. The van der Waals surface area contributed by atoms with Crippen LogP contribution in [0.1, 0.15) is 25.1 Å². The van der Waals surface area contributed by atoms with Crippen LogP contribution >= 0.6 is 0 Å². The summed E-state index contributed by atoms with van der Waals surface area (Å²) in [5, 5.41) is 0. The van der Waals surface area contributed by atoms with Gasteiger partial charge < -0.3 is 16.4 Å². The number of pyridine rings is 1. The van der Waals surface area contributed by atoms with E-state index < -0.39 is 0 Å². The Labute approximate surface area is 140 Å². The van der Waals surface area contributed by atoms with E-state index in [0.717, 1.165) is 0 Å². The van der Waals surface area contributed by atoms with Gasteiger partial charge in [-0.05, 0) is 32.9 Å². The summed E-state index contributed by atoms with van der Waals surface area (Å²) in [5.74, 6) is 1.09. The van der Waals surface area contributed by atoms with Crippen molar-refractivity contribution < 1.29 is 4.79 Å². The highest BCUT2D eigenvalue weighted by Gasteiger charge is 2.15. The number of aryl methyl sites for hydroxylation is 1. The maximum absolute atomic E-state index is 11.6. The third-order valence-corrected chi connectivity index (χ3v) is 3.61. The first-order chi connectivity index (χ1) is 11.3. The van der Waals surface area contributed by atoms with E-state index in [1.807, 2.05) is 25.8 Å². The fraction of sp³-hybridized carbons (Fsp3) is 0.312. The van der Waals surface area contributed by atoms with Gasteiger partial charge in [-0.1, -0.05) is 0 Å². The van der Waals surface area contributed by atoms with Crippen molar-refractivity contribution in [1.29, 1.82) is 0 Å². The highest BCUT2D eigenvalue weighted by atomic mass is 16.1. The van der Waals surface area contributed by atoms with E-state index in [2.05, 4.69) is 19.9 Å². The van der Waals surface area contributed by atoms with Gasteiger partial charge in [0, 0.05) is 24.3 Å². The number of aromatic nitrogens is 3. The van der Waals surface area contributed by atoms with Gasteiger partial charge in [-0.25, -0.2) is 15.0 Å². The van der Waals surface area contributed by atoms with Gasteiger partial charge >= 0.3 is 0 Å². The monoisotopic (exact) mass is 327 g/mol. The van der Waals surface area contributed by atoms with Crippen molar-refractivity contribution in [3.63, 3.8) is 0 Å². The van der Waals surface area contributed by atoms with Crippen molar-refractivity contribution in [3.8, 4) is 0 Å². The van der Waals surface area contributed by atoms with Crippen molar-refractivity contribution in [2.45, 2.75) is 26.8 Å². The van der Waals surface area contributed by atoms with Crippen LogP contribution in [0.2, 0.25) is 0 Å². The molecule has 0 bridgehead atoms. The molecule has 0 aliphatic carbocycles. The van der Waals surface area contributed by atoms with E-state index in [0.29, 0.717) is 34.9 Å². The molecular weight excluding hydrogens is 306 g/mol. The maximum atomic E-state index is 11.6. The Bertz CT molecular complexity index is 786. The highest BCUT2D eigenvalue weighted by molar-refractivity contribution is 6.37. The van der Waals surface area contributed by atoms with Gasteiger partial charge in [0.15, 0.2) is 12.1 Å². The Balaban J connectivity index is 2.57. The minimum absolute atomic E-state index is 0.148. The van der Waals surface area contributed by atoms with Gasteiger partial charge in [0.2, 0.25) is 5.95 Å². The van der Waals surface area contributed by atoms with Gasteiger partial charge in [-0.2, -0.15) is 4.98 Å². The molecule has 2 heterocycles. The first-order valence-corrected chi connectivity index (χ1v) is 7.46. The molecule has 2 aromatic heterocycles. The summed E-state index contributed by atoms with van der Waals surface area (Å²) >= 11 is 0. The molecule has 126 valence electrons. The van der Waals surface area contributed by atoms with E-state index in [4.69, 9.17) is 11.5 Å². The largest absolute Gasteiger partial charge is 0.384 e. The molecule has 4 N–H and O–H groups in total. The zero-order valence-electron chi connectivity index (χ0n) is 14.2. The van der Waals surface area contributed by atoms with Crippen LogP contribution in [0, 0.1) is 6.92 Å². The Morgan fingerprint density at radius 1 is 1.29 bits per heavy atom. The quantitative estimate of drug-likeness (QED) is 0.630. The molecule has 0 radical (unpaired) electrons. The molecule has 0 spiro atoms. The highest BCUT2D eigenvalue weighted by Crippen LogP contribution is 2.27. The van der Waals surface area contributed by atoms with Gasteiger partial charge in [-0.15, -0.1) is 0 Å². The number of anilines is 3. The van der Waals surface area contributed by atoms with E-state index in [1.54, 1.807) is 19.1 Å². The third kappa shape index (κ3) is 3.65. The molecule has 2 rings (SSSR count). The third-order valence-electron chi connectivity index (χ3n) is 3.61. The Hall–Kier alpha value is -3.03. The van der Waals surface area contributed by atoms with Crippen LogP contribution < -0.4 is 16.4 Å². The summed E-state index contributed by atoms with van der Waals surface area (Å²) < 4.78 is 0. The molecule has 0 fully saturated rings. The minimum Gasteiger partial charge on any atom is -0.384 e. The number of hydrogen-bond acceptors (Lipinski definition) is 8.